The molecule has 0 N–H and O–H groups in total. The highest BCUT2D eigenvalue weighted by Crippen LogP contribution is 2.44. The average molecular weight is 427 g/mol. The van der Waals surface area contributed by atoms with E-state index in [-0.39, 0.29) is 5.41 Å². The van der Waals surface area contributed by atoms with Crippen molar-refractivity contribution in [1.82, 2.24) is 8.75 Å². The van der Waals surface area contributed by atoms with Gasteiger partial charge in [0.05, 0.1) is 11.7 Å². The third kappa shape index (κ3) is 3.34. The summed E-state index contributed by atoms with van der Waals surface area (Å²) in [6.45, 7) is 15.7. The van der Waals surface area contributed by atoms with Crippen molar-refractivity contribution >= 4 is 45.4 Å². The van der Waals surface area contributed by atoms with Crippen LogP contribution < -0.4 is 0 Å². The number of hydrogen-bond acceptors (Lipinski definition) is 5. The van der Waals surface area contributed by atoms with Crippen molar-refractivity contribution in [3.05, 3.63) is 45.1 Å². The third-order valence-electron chi connectivity index (χ3n) is 5.07. The molecule has 146 valence electrons. The predicted molar refractivity (Wildman–Crippen MR) is 126 cm³/mol. The van der Waals surface area contributed by atoms with Crippen LogP contribution in [0.4, 0.5) is 0 Å². The Hall–Kier alpha value is -1.56. The van der Waals surface area contributed by atoms with E-state index in [4.69, 9.17) is 8.75 Å². The fourth-order valence-corrected chi connectivity index (χ4v) is 6.44. The molecule has 4 rings (SSSR count). The summed E-state index contributed by atoms with van der Waals surface area (Å²) in [7, 11) is 0. The Balaban J connectivity index is 1.89. The number of hydrogen-bond donors (Lipinski definition) is 0. The van der Waals surface area contributed by atoms with Gasteiger partial charge in [-0.3, -0.25) is 0 Å². The first-order valence-corrected chi connectivity index (χ1v) is 12.0. The zero-order valence-corrected chi connectivity index (χ0v) is 20.0. The Morgan fingerprint density at radius 3 is 1.82 bits per heavy atom. The molecule has 28 heavy (non-hydrogen) atoms. The molecule has 1 aromatic carbocycles. The van der Waals surface area contributed by atoms with Gasteiger partial charge in [0.15, 0.2) is 0 Å². The maximum absolute atomic E-state index is 4.71. The van der Waals surface area contributed by atoms with Crippen LogP contribution in [0, 0.1) is 13.8 Å². The Kier molecular flexibility index (Phi) is 4.97. The molecule has 0 saturated carbocycles. The largest absolute Gasteiger partial charge is 0.172 e. The van der Waals surface area contributed by atoms with Gasteiger partial charge in [0.2, 0.25) is 0 Å². The van der Waals surface area contributed by atoms with Crippen LogP contribution in [-0.4, -0.2) is 8.75 Å². The molecule has 0 unspecified atom stereocenters. The number of fused-ring (bicyclic) bond motifs is 1. The molecule has 0 bridgehead atoms. The standard InChI is InChI=1S/C23H26N2S3/c1-12(2)17-10-13(3)21(26-17)15-8-9-16(20-19(15)24-28-25-20)22-14(4)11-18(27-22)23(5,6)7/h8-12H,1-7H3. The monoisotopic (exact) mass is 426 g/mol. The number of rotatable bonds is 3. The zero-order valence-electron chi connectivity index (χ0n) is 17.5. The van der Waals surface area contributed by atoms with Crippen molar-refractivity contribution in [3.63, 3.8) is 0 Å². The number of aromatic nitrogens is 2. The lowest BCUT2D eigenvalue weighted by Crippen LogP contribution is -2.07. The molecular formula is C23H26N2S3. The van der Waals surface area contributed by atoms with Gasteiger partial charge in [0.1, 0.15) is 11.0 Å². The summed E-state index contributed by atoms with van der Waals surface area (Å²) >= 11 is 5.10. The van der Waals surface area contributed by atoms with Crippen molar-refractivity contribution in [2.75, 3.05) is 0 Å². The molecule has 0 radical (unpaired) electrons. The van der Waals surface area contributed by atoms with E-state index in [9.17, 15) is 0 Å². The second-order valence-electron chi connectivity index (χ2n) is 8.81. The maximum Gasteiger partial charge on any atom is 0.114 e. The smallest absolute Gasteiger partial charge is 0.114 e. The van der Waals surface area contributed by atoms with E-state index in [0.717, 1.165) is 11.0 Å². The normalized spacial score (nSPS) is 12.4. The van der Waals surface area contributed by atoms with Crippen LogP contribution >= 0.6 is 34.4 Å². The van der Waals surface area contributed by atoms with Crippen molar-refractivity contribution in [2.45, 2.75) is 59.8 Å². The molecule has 2 nitrogen and oxygen atoms in total. The van der Waals surface area contributed by atoms with Gasteiger partial charge >= 0.3 is 0 Å². The van der Waals surface area contributed by atoms with Gasteiger partial charge < -0.3 is 0 Å². The summed E-state index contributed by atoms with van der Waals surface area (Å²) in [6, 6.07) is 9.15. The number of benzene rings is 1. The van der Waals surface area contributed by atoms with Crippen LogP contribution in [0.15, 0.2) is 24.3 Å². The molecule has 0 aliphatic carbocycles. The molecule has 0 spiro atoms. The average Bonchev–Trinajstić information content (AvgIpc) is 3.31. The van der Waals surface area contributed by atoms with E-state index in [0.29, 0.717) is 5.92 Å². The summed E-state index contributed by atoms with van der Waals surface area (Å²) in [6.07, 6.45) is 0. The first-order valence-electron chi connectivity index (χ1n) is 9.64. The highest BCUT2D eigenvalue weighted by atomic mass is 32.1. The van der Waals surface area contributed by atoms with Crippen molar-refractivity contribution in [2.24, 2.45) is 0 Å². The van der Waals surface area contributed by atoms with Gasteiger partial charge in [-0.2, -0.15) is 8.75 Å². The van der Waals surface area contributed by atoms with Crippen LogP contribution in [0.5, 0.6) is 0 Å². The van der Waals surface area contributed by atoms with Gasteiger partial charge in [-0.15, -0.1) is 22.7 Å². The molecular weight excluding hydrogens is 400 g/mol. The highest BCUT2D eigenvalue weighted by molar-refractivity contribution is 7.16. The van der Waals surface area contributed by atoms with Crippen molar-refractivity contribution < 1.29 is 0 Å². The third-order valence-corrected chi connectivity index (χ3v) is 8.86. The summed E-state index contributed by atoms with van der Waals surface area (Å²) in [5.74, 6) is 0.547. The summed E-state index contributed by atoms with van der Waals surface area (Å²) < 4.78 is 9.41. The van der Waals surface area contributed by atoms with Gasteiger partial charge in [-0.1, -0.05) is 46.8 Å². The molecule has 0 fully saturated rings. The Morgan fingerprint density at radius 2 is 1.36 bits per heavy atom. The lowest BCUT2D eigenvalue weighted by Gasteiger charge is -2.15. The first kappa shape index (κ1) is 19.7. The van der Waals surface area contributed by atoms with Gasteiger partial charge in [0.25, 0.3) is 0 Å². The predicted octanol–water partition coefficient (Wildman–Crippen LogP) is 8.19. The molecule has 4 aromatic rings. The molecule has 0 aliphatic rings. The lowest BCUT2D eigenvalue weighted by molar-refractivity contribution is 0.603. The molecule has 0 saturated heterocycles. The minimum absolute atomic E-state index is 0.161. The second kappa shape index (κ2) is 7.05. The fourth-order valence-electron chi connectivity index (χ4n) is 3.41. The van der Waals surface area contributed by atoms with E-state index in [1.54, 1.807) is 0 Å². The summed E-state index contributed by atoms with van der Waals surface area (Å²) in [5.41, 5.74) is 7.31. The molecule has 3 heterocycles. The quantitative estimate of drug-likeness (QED) is 0.330. The van der Waals surface area contributed by atoms with Gasteiger partial charge in [-0.25, -0.2) is 0 Å². The minimum atomic E-state index is 0.161. The van der Waals surface area contributed by atoms with Crippen LogP contribution in [-0.2, 0) is 5.41 Å². The van der Waals surface area contributed by atoms with Crippen LogP contribution in [0.2, 0.25) is 0 Å². The molecule has 3 aromatic heterocycles. The minimum Gasteiger partial charge on any atom is -0.172 e. The topological polar surface area (TPSA) is 25.8 Å². The molecule has 0 aliphatic heterocycles. The summed E-state index contributed by atoms with van der Waals surface area (Å²) in [4.78, 5) is 5.49. The van der Waals surface area contributed by atoms with E-state index in [1.807, 2.05) is 22.7 Å². The highest BCUT2D eigenvalue weighted by Gasteiger charge is 2.22. The Bertz CT molecular complexity index is 1150. The SMILES string of the molecule is Cc1cc(C(C)C)sc1-c1ccc(-c2sc(C(C)(C)C)cc2C)c2nsnc12. The first-order chi connectivity index (χ1) is 13.2. The zero-order chi connectivity index (χ0) is 20.2. The van der Waals surface area contributed by atoms with Crippen LogP contribution in [0.25, 0.3) is 31.9 Å². The molecule has 0 atom stereocenters. The van der Waals surface area contributed by atoms with E-state index >= 15 is 0 Å². The number of nitrogens with zero attached hydrogens (tertiary/aromatic N) is 2. The van der Waals surface area contributed by atoms with Gasteiger partial charge in [-0.05, 0) is 48.4 Å². The maximum atomic E-state index is 4.71. The molecule has 0 amide bonds. The van der Waals surface area contributed by atoms with Crippen molar-refractivity contribution in [1.29, 1.82) is 0 Å². The number of aryl methyl sites for hydroxylation is 2. The van der Waals surface area contributed by atoms with E-state index in [2.05, 4.69) is 72.7 Å². The Morgan fingerprint density at radius 1 is 0.821 bits per heavy atom. The lowest BCUT2D eigenvalue weighted by atomic mass is 9.94. The van der Waals surface area contributed by atoms with E-state index in [1.165, 1.54) is 53.5 Å². The fraction of sp³-hybridized carbons (Fsp3) is 0.391. The second-order valence-corrected chi connectivity index (χ2v) is 11.5. The van der Waals surface area contributed by atoms with Crippen LogP contribution in [0.3, 0.4) is 0 Å². The number of thiophene rings is 2. The van der Waals surface area contributed by atoms with Crippen LogP contribution in [0.1, 0.15) is 61.4 Å². The Labute approximate surface area is 179 Å². The molecule has 5 heteroatoms. The van der Waals surface area contributed by atoms with E-state index < -0.39 is 0 Å². The van der Waals surface area contributed by atoms with Crippen molar-refractivity contribution in [3.8, 4) is 20.9 Å². The van der Waals surface area contributed by atoms with Gasteiger partial charge in [0, 0.05) is 30.6 Å². The summed E-state index contributed by atoms with van der Waals surface area (Å²) in [5, 5.41) is 0.